The van der Waals surface area contributed by atoms with Gasteiger partial charge in [-0.3, -0.25) is 9.78 Å². The quantitative estimate of drug-likeness (QED) is 0.210. The van der Waals surface area contributed by atoms with E-state index in [9.17, 15) is 4.79 Å². The monoisotopic (exact) mass is 535 g/mol. The van der Waals surface area contributed by atoms with Crippen LogP contribution in [0, 0.1) is 6.92 Å². The van der Waals surface area contributed by atoms with Crippen molar-refractivity contribution in [3.8, 4) is 11.3 Å². The minimum absolute atomic E-state index is 0.117. The maximum atomic E-state index is 13.2. The van der Waals surface area contributed by atoms with Gasteiger partial charge in [0.05, 0.1) is 11.4 Å². The second-order valence-corrected chi connectivity index (χ2v) is 10.5. The van der Waals surface area contributed by atoms with E-state index in [4.69, 9.17) is 9.97 Å². The van der Waals surface area contributed by atoms with Gasteiger partial charge >= 0.3 is 0 Å². The molecule has 2 heterocycles. The van der Waals surface area contributed by atoms with E-state index in [1.165, 1.54) is 5.56 Å². The van der Waals surface area contributed by atoms with Crippen molar-refractivity contribution in [2.75, 3.05) is 25.0 Å². The summed E-state index contributed by atoms with van der Waals surface area (Å²) in [6.07, 6.45) is 6.14. The third kappa shape index (κ3) is 7.60. The standard InChI is InChI=1S/C34H41N5O/c1-6-39(7-2)20-10-14-33-36-19-17-31(38-33)30-13-9-18-35-32(30)23-28-21-27(16-15-25(28)5)34(40)37-29-12-8-11-26(22-29)24(3)4/h8-9,11-13,15-19,21-22,24H,6-7,10,14,20,23H2,1-5H3,(H,37,40). The number of rotatable bonds is 12. The van der Waals surface area contributed by atoms with E-state index >= 15 is 0 Å². The molecule has 1 N–H and O–H groups in total. The van der Waals surface area contributed by atoms with Crippen LogP contribution in [0.15, 0.2) is 73.1 Å². The van der Waals surface area contributed by atoms with Crippen molar-refractivity contribution in [2.45, 2.75) is 59.8 Å². The fraction of sp³-hybridized carbons (Fsp3) is 0.353. The van der Waals surface area contributed by atoms with Gasteiger partial charge in [0.1, 0.15) is 5.82 Å². The molecule has 0 radical (unpaired) electrons. The third-order valence-electron chi connectivity index (χ3n) is 7.42. The fourth-order valence-corrected chi connectivity index (χ4v) is 4.84. The van der Waals surface area contributed by atoms with Gasteiger partial charge in [0.15, 0.2) is 0 Å². The van der Waals surface area contributed by atoms with Crippen molar-refractivity contribution < 1.29 is 4.79 Å². The highest BCUT2D eigenvalue weighted by molar-refractivity contribution is 6.04. The van der Waals surface area contributed by atoms with E-state index in [2.05, 4.69) is 62.0 Å². The number of hydrogen-bond donors (Lipinski definition) is 1. The molecule has 0 saturated carbocycles. The summed E-state index contributed by atoms with van der Waals surface area (Å²) in [7, 11) is 0. The minimum Gasteiger partial charge on any atom is -0.322 e. The highest BCUT2D eigenvalue weighted by atomic mass is 16.1. The number of hydrogen-bond acceptors (Lipinski definition) is 5. The van der Waals surface area contributed by atoms with Crippen molar-refractivity contribution in [1.82, 2.24) is 19.9 Å². The predicted octanol–water partition coefficient (Wildman–Crippen LogP) is 7.09. The third-order valence-corrected chi connectivity index (χ3v) is 7.42. The van der Waals surface area contributed by atoms with Crippen molar-refractivity contribution in [3.63, 3.8) is 0 Å². The molecule has 2 aromatic heterocycles. The maximum absolute atomic E-state index is 13.2. The minimum atomic E-state index is -0.117. The van der Waals surface area contributed by atoms with E-state index in [1.807, 2.05) is 60.9 Å². The number of aromatic nitrogens is 3. The van der Waals surface area contributed by atoms with Crippen LogP contribution >= 0.6 is 0 Å². The van der Waals surface area contributed by atoms with Crippen LogP contribution < -0.4 is 5.32 Å². The molecular weight excluding hydrogens is 494 g/mol. The van der Waals surface area contributed by atoms with Gasteiger partial charge in [-0.05, 0) is 98.1 Å². The number of carbonyl (C=O) groups is 1. The number of pyridine rings is 1. The van der Waals surface area contributed by atoms with Gasteiger partial charge in [-0.1, -0.05) is 45.9 Å². The summed E-state index contributed by atoms with van der Waals surface area (Å²) >= 11 is 0. The van der Waals surface area contributed by atoms with Crippen LogP contribution in [-0.2, 0) is 12.8 Å². The lowest BCUT2D eigenvalue weighted by molar-refractivity contribution is 0.102. The number of aryl methyl sites for hydroxylation is 2. The average molecular weight is 536 g/mol. The summed E-state index contributed by atoms with van der Waals surface area (Å²) in [5, 5.41) is 3.06. The first-order valence-electron chi connectivity index (χ1n) is 14.4. The topological polar surface area (TPSA) is 71.0 Å². The second kappa shape index (κ2) is 13.9. The van der Waals surface area contributed by atoms with E-state index in [-0.39, 0.29) is 5.91 Å². The van der Waals surface area contributed by atoms with Gasteiger partial charge in [-0.15, -0.1) is 0 Å². The van der Waals surface area contributed by atoms with Gasteiger partial charge in [0.2, 0.25) is 0 Å². The molecule has 0 spiro atoms. The summed E-state index contributed by atoms with van der Waals surface area (Å²) in [5.41, 5.74) is 7.63. The Bertz CT molecular complexity index is 1430. The Labute approximate surface area is 238 Å². The van der Waals surface area contributed by atoms with Crippen LogP contribution in [0.25, 0.3) is 11.3 Å². The van der Waals surface area contributed by atoms with Crippen molar-refractivity contribution >= 4 is 11.6 Å². The molecule has 0 bridgehead atoms. The zero-order chi connectivity index (χ0) is 28.5. The molecule has 4 rings (SSSR count). The van der Waals surface area contributed by atoms with Crippen LogP contribution in [0.3, 0.4) is 0 Å². The van der Waals surface area contributed by atoms with Crippen molar-refractivity contribution in [2.24, 2.45) is 0 Å². The molecule has 40 heavy (non-hydrogen) atoms. The molecule has 0 aliphatic heterocycles. The predicted molar refractivity (Wildman–Crippen MR) is 164 cm³/mol. The number of amides is 1. The van der Waals surface area contributed by atoms with Crippen LogP contribution in [0.5, 0.6) is 0 Å². The number of nitrogens with zero attached hydrogens (tertiary/aromatic N) is 4. The molecule has 208 valence electrons. The first-order valence-corrected chi connectivity index (χ1v) is 14.4. The number of carbonyl (C=O) groups excluding carboxylic acids is 1. The SMILES string of the molecule is CCN(CC)CCCc1nccc(-c2cccnc2Cc2cc(C(=O)Nc3cccc(C(C)C)c3)ccc2C)n1. The van der Waals surface area contributed by atoms with Crippen LogP contribution in [-0.4, -0.2) is 45.4 Å². The summed E-state index contributed by atoms with van der Waals surface area (Å²) in [6, 6.07) is 19.9. The Kier molecular flexibility index (Phi) is 10.1. The highest BCUT2D eigenvalue weighted by Crippen LogP contribution is 2.25. The summed E-state index contributed by atoms with van der Waals surface area (Å²) in [5.74, 6) is 1.14. The first kappa shape index (κ1) is 29.1. The first-order chi connectivity index (χ1) is 19.4. The molecule has 0 saturated heterocycles. The molecular formula is C34H41N5O. The van der Waals surface area contributed by atoms with E-state index < -0.39 is 0 Å². The molecule has 0 aliphatic carbocycles. The van der Waals surface area contributed by atoms with E-state index in [1.54, 1.807) is 0 Å². The van der Waals surface area contributed by atoms with Gasteiger partial charge < -0.3 is 10.2 Å². The van der Waals surface area contributed by atoms with Crippen LogP contribution in [0.2, 0.25) is 0 Å². The largest absolute Gasteiger partial charge is 0.322 e. The Balaban J connectivity index is 1.52. The number of anilines is 1. The summed E-state index contributed by atoms with van der Waals surface area (Å²) < 4.78 is 0. The molecule has 2 aromatic carbocycles. The molecule has 0 unspecified atom stereocenters. The molecule has 1 amide bonds. The van der Waals surface area contributed by atoms with Crippen molar-refractivity contribution in [3.05, 3.63) is 107 Å². The number of nitrogens with one attached hydrogen (secondary N) is 1. The van der Waals surface area contributed by atoms with Crippen molar-refractivity contribution in [1.29, 1.82) is 0 Å². The lowest BCUT2D eigenvalue weighted by Gasteiger charge is -2.17. The Morgan fingerprint density at radius 2 is 1.77 bits per heavy atom. The molecule has 0 atom stereocenters. The van der Waals surface area contributed by atoms with E-state index in [0.29, 0.717) is 17.9 Å². The molecule has 6 nitrogen and oxygen atoms in total. The zero-order valence-electron chi connectivity index (χ0n) is 24.4. The lowest BCUT2D eigenvalue weighted by atomic mass is 9.97. The van der Waals surface area contributed by atoms with Crippen LogP contribution in [0.1, 0.15) is 78.6 Å². The zero-order valence-corrected chi connectivity index (χ0v) is 24.4. The van der Waals surface area contributed by atoms with Crippen LogP contribution in [0.4, 0.5) is 5.69 Å². The van der Waals surface area contributed by atoms with E-state index in [0.717, 1.165) is 72.1 Å². The maximum Gasteiger partial charge on any atom is 0.255 e. The normalized spacial score (nSPS) is 11.3. The second-order valence-electron chi connectivity index (χ2n) is 10.5. The summed E-state index contributed by atoms with van der Waals surface area (Å²) in [6.45, 7) is 13.9. The smallest absolute Gasteiger partial charge is 0.255 e. The highest BCUT2D eigenvalue weighted by Gasteiger charge is 2.14. The van der Waals surface area contributed by atoms with Gasteiger partial charge in [-0.2, -0.15) is 0 Å². The molecule has 4 aromatic rings. The van der Waals surface area contributed by atoms with Gasteiger partial charge in [0.25, 0.3) is 5.91 Å². The Morgan fingerprint density at radius 3 is 2.55 bits per heavy atom. The van der Waals surface area contributed by atoms with Gasteiger partial charge in [-0.25, -0.2) is 9.97 Å². The number of benzene rings is 2. The lowest BCUT2D eigenvalue weighted by Crippen LogP contribution is -2.24. The Morgan fingerprint density at radius 1 is 0.950 bits per heavy atom. The summed E-state index contributed by atoms with van der Waals surface area (Å²) in [4.78, 5) is 29.7. The fourth-order valence-electron chi connectivity index (χ4n) is 4.84. The molecule has 0 fully saturated rings. The van der Waals surface area contributed by atoms with Gasteiger partial charge in [0, 0.05) is 42.0 Å². The average Bonchev–Trinajstić information content (AvgIpc) is 2.97. The molecule has 6 heteroatoms. The molecule has 0 aliphatic rings. The Hall–Kier alpha value is -3.90.